The molecule has 0 fully saturated rings. The van der Waals surface area contributed by atoms with Crippen LogP contribution in [0.3, 0.4) is 0 Å². The molecule has 0 saturated heterocycles. The lowest BCUT2D eigenvalue weighted by atomic mass is 10.1. The van der Waals surface area contributed by atoms with Crippen LogP contribution in [0.2, 0.25) is 0 Å². The monoisotopic (exact) mass is 244 g/mol. The van der Waals surface area contributed by atoms with Gasteiger partial charge in [0.15, 0.2) is 0 Å². The highest BCUT2D eigenvalue weighted by Gasteiger charge is 2.16. The second-order valence-electron chi connectivity index (χ2n) is 3.85. The Morgan fingerprint density at radius 2 is 1.76 bits per heavy atom. The van der Waals surface area contributed by atoms with Crippen LogP contribution in [0.4, 0.5) is 0 Å². The third-order valence-electron chi connectivity index (χ3n) is 2.06. The quantitative estimate of drug-likeness (QED) is 0.607. The summed E-state index contributed by atoms with van der Waals surface area (Å²) < 4.78 is 9.75. The molecular weight excluding hydrogens is 224 g/mol. The third kappa shape index (κ3) is 9.53. The molecule has 1 atom stereocenters. The minimum absolute atomic E-state index is 0.0570. The van der Waals surface area contributed by atoms with Gasteiger partial charge in [0.1, 0.15) is 11.9 Å². The summed E-state index contributed by atoms with van der Waals surface area (Å²) >= 11 is 0. The van der Waals surface area contributed by atoms with Gasteiger partial charge >= 0.3 is 11.9 Å². The summed E-state index contributed by atoms with van der Waals surface area (Å²) in [7, 11) is 0. The summed E-state index contributed by atoms with van der Waals surface area (Å²) in [5.41, 5.74) is 0. The summed E-state index contributed by atoms with van der Waals surface area (Å²) in [4.78, 5) is 32.9. The summed E-state index contributed by atoms with van der Waals surface area (Å²) in [5.74, 6) is -0.754. The van der Waals surface area contributed by atoms with Crippen LogP contribution < -0.4 is 0 Å². The first-order valence-electron chi connectivity index (χ1n) is 5.78. The van der Waals surface area contributed by atoms with Crippen LogP contribution >= 0.6 is 0 Å². The molecule has 0 radical (unpaired) electrons. The number of hydrogen-bond donors (Lipinski definition) is 0. The van der Waals surface area contributed by atoms with Gasteiger partial charge in [-0.05, 0) is 6.42 Å². The molecule has 0 spiro atoms. The Hall–Kier alpha value is -1.39. The Morgan fingerprint density at radius 1 is 1.12 bits per heavy atom. The average Bonchev–Trinajstić information content (AvgIpc) is 2.15. The van der Waals surface area contributed by atoms with Gasteiger partial charge in [0.05, 0.1) is 6.61 Å². The Kier molecular flexibility index (Phi) is 8.01. The van der Waals surface area contributed by atoms with Gasteiger partial charge in [-0.25, -0.2) is 0 Å². The first-order chi connectivity index (χ1) is 7.95. The van der Waals surface area contributed by atoms with Crippen LogP contribution in [-0.4, -0.2) is 30.4 Å². The topological polar surface area (TPSA) is 69.7 Å². The van der Waals surface area contributed by atoms with Crippen molar-refractivity contribution in [2.45, 2.75) is 52.6 Å². The SMILES string of the molecule is CCCC(=O)CC(CCOC(C)=O)OC(C)=O. The van der Waals surface area contributed by atoms with Gasteiger partial charge in [-0.15, -0.1) is 0 Å². The minimum Gasteiger partial charge on any atom is -0.466 e. The van der Waals surface area contributed by atoms with Gasteiger partial charge in [-0.3, -0.25) is 14.4 Å². The number of esters is 2. The van der Waals surface area contributed by atoms with Crippen molar-refractivity contribution in [2.75, 3.05) is 6.61 Å². The summed E-state index contributed by atoms with van der Waals surface area (Å²) in [6, 6.07) is 0. The Bertz CT molecular complexity index is 272. The zero-order valence-corrected chi connectivity index (χ0v) is 10.7. The van der Waals surface area contributed by atoms with E-state index in [1.807, 2.05) is 6.92 Å². The number of ketones is 1. The van der Waals surface area contributed by atoms with E-state index < -0.39 is 12.1 Å². The fraction of sp³-hybridized carbons (Fsp3) is 0.750. The number of ether oxygens (including phenoxy) is 2. The van der Waals surface area contributed by atoms with Gasteiger partial charge in [-0.2, -0.15) is 0 Å². The van der Waals surface area contributed by atoms with Gasteiger partial charge < -0.3 is 9.47 Å². The minimum atomic E-state index is -0.495. The second-order valence-corrected chi connectivity index (χ2v) is 3.85. The third-order valence-corrected chi connectivity index (χ3v) is 2.06. The van der Waals surface area contributed by atoms with Crippen LogP contribution in [-0.2, 0) is 23.9 Å². The molecule has 0 bridgehead atoms. The molecule has 0 aromatic carbocycles. The molecular formula is C12H20O5. The van der Waals surface area contributed by atoms with Gasteiger partial charge in [0.2, 0.25) is 0 Å². The standard InChI is InChI=1S/C12H20O5/c1-4-5-11(15)8-12(17-10(3)14)6-7-16-9(2)13/h12H,4-8H2,1-3H3. The van der Waals surface area contributed by atoms with Crippen LogP contribution in [0.25, 0.3) is 0 Å². The summed E-state index contributed by atoms with van der Waals surface area (Å²) in [5, 5.41) is 0. The van der Waals surface area contributed by atoms with Crippen molar-refractivity contribution in [3.8, 4) is 0 Å². The first kappa shape index (κ1) is 15.6. The van der Waals surface area contributed by atoms with Crippen molar-refractivity contribution in [2.24, 2.45) is 0 Å². The highest BCUT2D eigenvalue weighted by Crippen LogP contribution is 2.08. The second kappa shape index (κ2) is 8.73. The average molecular weight is 244 g/mol. The predicted molar refractivity (Wildman–Crippen MR) is 61.3 cm³/mol. The van der Waals surface area contributed by atoms with Crippen molar-refractivity contribution in [3.05, 3.63) is 0 Å². The summed E-state index contributed by atoms with van der Waals surface area (Å²) in [6.07, 6.45) is 1.30. The van der Waals surface area contributed by atoms with E-state index in [1.165, 1.54) is 13.8 Å². The zero-order chi connectivity index (χ0) is 13.3. The number of carbonyl (C=O) groups excluding carboxylic acids is 3. The van der Waals surface area contributed by atoms with Crippen molar-refractivity contribution in [1.29, 1.82) is 0 Å². The number of Topliss-reactive ketones (excluding diaryl/α,β-unsaturated/α-hetero) is 1. The molecule has 0 rings (SSSR count). The van der Waals surface area contributed by atoms with Gasteiger partial charge in [0.25, 0.3) is 0 Å². The molecule has 0 aromatic rings. The maximum absolute atomic E-state index is 11.4. The van der Waals surface area contributed by atoms with Gasteiger partial charge in [0, 0.05) is 33.1 Å². The Labute approximate surface area is 101 Å². The first-order valence-corrected chi connectivity index (χ1v) is 5.78. The Morgan fingerprint density at radius 3 is 2.24 bits per heavy atom. The van der Waals surface area contributed by atoms with Gasteiger partial charge in [-0.1, -0.05) is 6.92 Å². The van der Waals surface area contributed by atoms with E-state index in [4.69, 9.17) is 9.47 Å². The van der Waals surface area contributed by atoms with Crippen molar-refractivity contribution < 1.29 is 23.9 Å². The van der Waals surface area contributed by atoms with E-state index in [9.17, 15) is 14.4 Å². The molecule has 17 heavy (non-hydrogen) atoms. The molecule has 5 heteroatoms. The van der Waals surface area contributed by atoms with E-state index in [0.29, 0.717) is 12.8 Å². The maximum Gasteiger partial charge on any atom is 0.302 e. The lowest BCUT2D eigenvalue weighted by Crippen LogP contribution is -2.22. The normalized spacial score (nSPS) is 11.7. The zero-order valence-electron chi connectivity index (χ0n) is 10.7. The van der Waals surface area contributed by atoms with E-state index in [0.717, 1.165) is 6.42 Å². The van der Waals surface area contributed by atoms with Crippen molar-refractivity contribution in [1.82, 2.24) is 0 Å². The molecule has 5 nitrogen and oxygen atoms in total. The molecule has 0 heterocycles. The molecule has 0 amide bonds. The van der Waals surface area contributed by atoms with Crippen LogP contribution in [0, 0.1) is 0 Å². The van der Waals surface area contributed by atoms with Crippen molar-refractivity contribution >= 4 is 17.7 Å². The lowest BCUT2D eigenvalue weighted by molar-refractivity contribution is -0.149. The van der Waals surface area contributed by atoms with Crippen LogP contribution in [0.5, 0.6) is 0 Å². The number of rotatable bonds is 8. The molecule has 0 aromatic heterocycles. The number of hydrogen-bond acceptors (Lipinski definition) is 5. The molecule has 0 N–H and O–H groups in total. The fourth-order valence-electron chi connectivity index (χ4n) is 1.41. The largest absolute Gasteiger partial charge is 0.466 e. The molecule has 0 aliphatic heterocycles. The highest BCUT2D eigenvalue weighted by molar-refractivity contribution is 5.79. The van der Waals surface area contributed by atoms with E-state index in [1.54, 1.807) is 0 Å². The fourth-order valence-corrected chi connectivity index (χ4v) is 1.41. The van der Waals surface area contributed by atoms with E-state index in [2.05, 4.69) is 0 Å². The number of carbonyl (C=O) groups is 3. The molecule has 0 aliphatic rings. The van der Waals surface area contributed by atoms with Crippen LogP contribution in [0.15, 0.2) is 0 Å². The lowest BCUT2D eigenvalue weighted by Gasteiger charge is -2.15. The van der Waals surface area contributed by atoms with E-state index in [-0.39, 0.29) is 24.8 Å². The molecule has 0 aliphatic carbocycles. The van der Waals surface area contributed by atoms with Crippen molar-refractivity contribution in [3.63, 3.8) is 0 Å². The molecule has 98 valence electrons. The predicted octanol–water partition coefficient (Wildman–Crippen LogP) is 1.63. The van der Waals surface area contributed by atoms with Crippen LogP contribution in [0.1, 0.15) is 46.5 Å². The molecule has 1 unspecified atom stereocenters. The Balaban J connectivity index is 4.08. The smallest absolute Gasteiger partial charge is 0.302 e. The maximum atomic E-state index is 11.4. The highest BCUT2D eigenvalue weighted by atomic mass is 16.6. The van der Waals surface area contributed by atoms with E-state index >= 15 is 0 Å². The summed E-state index contributed by atoms with van der Waals surface area (Å²) in [6.45, 7) is 4.68. The molecule has 0 saturated carbocycles.